The first-order chi connectivity index (χ1) is 8.25. The van der Waals surface area contributed by atoms with Crippen molar-refractivity contribution in [3.63, 3.8) is 0 Å². The highest BCUT2D eigenvalue weighted by atomic mass is 16.3. The molecule has 0 bridgehead atoms. The SMILES string of the molecule is NC(=O)CN(Cc1ccco1)c1ccccc1. The van der Waals surface area contributed by atoms with Gasteiger partial charge in [-0.25, -0.2) is 0 Å². The molecular weight excluding hydrogens is 216 g/mol. The Hall–Kier alpha value is -2.23. The Morgan fingerprint density at radius 2 is 1.94 bits per heavy atom. The van der Waals surface area contributed by atoms with Gasteiger partial charge < -0.3 is 15.1 Å². The molecule has 0 fully saturated rings. The first-order valence-electron chi connectivity index (χ1n) is 5.36. The molecule has 88 valence electrons. The third-order valence-corrected chi connectivity index (χ3v) is 2.39. The van der Waals surface area contributed by atoms with Crippen molar-refractivity contribution in [1.29, 1.82) is 0 Å². The summed E-state index contributed by atoms with van der Waals surface area (Å²) in [7, 11) is 0. The second-order valence-corrected chi connectivity index (χ2v) is 3.74. The molecule has 1 aromatic heterocycles. The van der Waals surface area contributed by atoms with Gasteiger partial charge in [0.1, 0.15) is 5.76 Å². The second-order valence-electron chi connectivity index (χ2n) is 3.74. The Labute approximate surface area is 99.6 Å². The van der Waals surface area contributed by atoms with Crippen molar-refractivity contribution in [1.82, 2.24) is 0 Å². The molecule has 0 aliphatic rings. The number of furan rings is 1. The molecule has 17 heavy (non-hydrogen) atoms. The van der Waals surface area contributed by atoms with Crippen LogP contribution in [-0.2, 0) is 11.3 Å². The maximum absolute atomic E-state index is 11.1. The summed E-state index contributed by atoms with van der Waals surface area (Å²) < 4.78 is 5.27. The summed E-state index contributed by atoms with van der Waals surface area (Å²) in [4.78, 5) is 12.9. The predicted octanol–water partition coefficient (Wildman–Crippen LogP) is 1.77. The Morgan fingerprint density at radius 3 is 2.53 bits per heavy atom. The van der Waals surface area contributed by atoms with Crippen LogP contribution in [0, 0.1) is 0 Å². The van der Waals surface area contributed by atoms with E-state index >= 15 is 0 Å². The summed E-state index contributed by atoms with van der Waals surface area (Å²) in [5.41, 5.74) is 6.20. The third-order valence-electron chi connectivity index (χ3n) is 2.39. The number of amides is 1. The maximum Gasteiger partial charge on any atom is 0.236 e. The van der Waals surface area contributed by atoms with Crippen molar-refractivity contribution >= 4 is 11.6 Å². The average Bonchev–Trinajstić information content (AvgIpc) is 2.82. The molecule has 0 spiro atoms. The molecule has 2 rings (SSSR count). The molecule has 2 N–H and O–H groups in total. The van der Waals surface area contributed by atoms with Crippen molar-refractivity contribution in [2.75, 3.05) is 11.4 Å². The lowest BCUT2D eigenvalue weighted by Crippen LogP contribution is -2.33. The zero-order valence-corrected chi connectivity index (χ0v) is 9.37. The largest absolute Gasteiger partial charge is 0.467 e. The minimum Gasteiger partial charge on any atom is -0.467 e. The molecule has 1 heterocycles. The lowest BCUT2D eigenvalue weighted by molar-refractivity contribution is -0.116. The van der Waals surface area contributed by atoms with Gasteiger partial charge >= 0.3 is 0 Å². The number of nitrogens with two attached hydrogens (primary N) is 1. The number of hydrogen-bond donors (Lipinski definition) is 1. The fourth-order valence-electron chi connectivity index (χ4n) is 1.66. The monoisotopic (exact) mass is 230 g/mol. The molecule has 0 saturated carbocycles. The smallest absolute Gasteiger partial charge is 0.236 e. The Balaban J connectivity index is 2.16. The van der Waals surface area contributed by atoms with E-state index in [-0.39, 0.29) is 12.5 Å². The second kappa shape index (κ2) is 5.21. The molecule has 0 saturated heterocycles. The van der Waals surface area contributed by atoms with Crippen LogP contribution in [0.25, 0.3) is 0 Å². The van der Waals surface area contributed by atoms with Crippen LogP contribution in [0.2, 0.25) is 0 Å². The van der Waals surface area contributed by atoms with E-state index in [1.807, 2.05) is 47.4 Å². The van der Waals surface area contributed by atoms with Gasteiger partial charge in [-0.2, -0.15) is 0 Å². The van der Waals surface area contributed by atoms with E-state index in [2.05, 4.69) is 0 Å². The Morgan fingerprint density at radius 1 is 1.18 bits per heavy atom. The number of rotatable bonds is 5. The fraction of sp³-hybridized carbons (Fsp3) is 0.154. The van der Waals surface area contributed by atoms with Gasteiger partial charge in [0, 0.05) is 5.69 Å². The van der Waals surface area contributed by atoms with Gasteiger partial charge in [-0.05, 0) is 24.3 Å². The van der Waals surface area contributed by atoms with Crippen LogP contribution >= 0.6 is 0 Å². The van der Waals surface area contributed by atoms with Crippen LogP contribution in [0.5, 0.6) is 0 Å². The zero-order valence-electron chi connectivity index (χ0n) is 9.37. The number of primary amides is 1. The van der Waals surface area contributed by atoms with Crippen molar-refractivity contribution in [2.24, 2.45) is 5.73 Å². The van der Waals surface area contributed by atoms with E-state index in [1.54, 1.807) is 6.26 Å². The summed E-state index contributed by atoms with van der Waals surface area (Å²) in [6.07, 6.45) is 1.61. The van der Waals surface area contributed by atoms with Crippen molar-refractivity contribution in [2.45, 2.75) is 6.54 Å². The van der Waals surface area contributed by atoms with Gasteiger partial charge in [0.05, 0.1) is 19.4 Å². The first-order valence-corrected chi connectivity index (χ1v) is 5.36. The van der Waals surface area contributed by atoms with E-state index in [9.17, 15) is 4.79 Å². The lowest BCUT2D eigenvalue weighted by atomic mass is 10.2. The van der Waals surface area contributed by atoms with Crippen LogP contribution in [0.1, 0.15) is 5.76 Å². The van der Waals surface area contributed by atoms with Gasteiger partial charge in [0.2, 0.25) is 5.91 Å². The predicted molar refractivity (Wildman–Crippen MR) is 65.4 cm³/mol. The lowest BCUT2D eigenvalue weighted by Gasteiger charge is -2.21. The van der Waals surface area contributed by atoms with Crippen LogP contribution in [0.15, 0.2) is 53.1 Å². The minimum atomic E-state index is -0.361. The number of nitrogens with zero attached hydrogens (tertiary/aromatic N) is 1. The molecule has 0 unspecified atom stereocenters. The standard InChI is InChI=1S/C13H14N2O2/c14-13(16)10-15(9-12-7-4-8-17-12)11-5-2-1-3-6-11/h1-8H,9-10H2,(H2,14,16). The van der Waals surface area contributed by atoms with E-state index in [0.29, 0.717) is 6.54 Å². The van der Waals surface area contributed by atoms with Crippen molar-refractivity contribution in [3.05, 3.63) is 54.5 Å². The number of benzene rings is 1. The highest BCUT2D eigenvalue weighted by Crippen LogP contribution is 2.16. The molecular formula is C13H14N2O2. The normalized spacial score (nSPS) is 10.1. The molecule has 1 amide bonds. The first kappa shape index (κ1) is 11.3. The van der Waals surface area contributed by atoms with Crippen LogP contribution in [-0.4, -0.2) is 12.5 Å². The quantitative estimate of drug-likeness (QED) is 0.851. The Bertz CT molecular complexity index is 465. The third kappa shape index (κ3) is 3.11. The zero-order chi connectivity index (χ0) is 12.1. The number of hydrogen-bond acceptors (Lipinski definition) is 3. The van der Waals surface area contributed by atoms with Crippen molar-refractivity contribution < 1.29 is 9.21 Å². The molecule has 4 heteroatoms. The Kier molecular flexibility index (Phi) is 3.45. The van der Waals surface area contributed by atoms with Gasteiger partial charge in [-0.15, -0.1) is 0 Å². The maximum atomic E-state index is 11.1. The molecule has 4 nitrogen and oxygen atoms in total. The number of anilines is 1. The van der Waals surface area contributed by atoms with E-state index in [0.717, 1.165) is 11.4 Å². The summed E-state index contributed by atoms with van der Waals surface area (Å²) in [5, 5.41) is 0. The number of carbonyl (C=O) groups is 1. The summed E-state index contributed by atoms with van der Waals surface area (Å²) in [5.74, 6) is 0.440. The molecule has 0 aliphatic carbocycles. The topological polar surface area (TPSA) is 59.5 Å². The van der Waals surface area contributed by atoms with Gasteiger partial charge in [0.15, 0.2) is 0 Å². The van der Waals surface area contributed by atoms with E-state index in [1.165, 1.54) is 0 Å². The molecule has 1 aromatic carbocycles. The summed E-state index contributed by atoms with van der Waals surface area (Å²) >= 11 is 0. The average molecular weight is 230 g/mol. The van der Waals surface area contributed by atoms with Gasteiger partial charge in [0.25, 0.3) is 0 Å². The molecule has 2 aromatic rings. The van der Waals surface area contributed by atoms with E-state index in [4.69, 9.17) is 10.2 Å². The van der Waals surface area contributed by atoms with Crippen LogP contribution < -0.4 is 10.6 Å². The minimum absolute atomic E-state index is 0.171. The van der Waals surface area contributed by atoms with Gasteiger partial charge in [-0.3, -0.25) is 4.79 Å². The molecule has 0 aliphatic heterocycles. The molecule has 0 radical (unpaired) electrons. The molecule has 0 atom stereocenters. The summed E-state index contributed by atoms with van der Waals surface area (Å²) in [6, 6.07) is 13.3. The van der Waals surface area contributed by atoms with Crippen molar-refractivity contribution in [3.8, 4) is 0 Å². The van der Waals surface area contributed by atoms with Crippen LogP contribution in [0.3, 0.4) is 0 Å². The van der Waals surface area contributed by atoms with Gasteiger partial charge in [-0.1, -0.05) is 18.2 Å². The van der Waals surface area contributed by atoms with Crippen LogP contribution in [0.4, 0.5) is 5.69 Å². The number of para-hydroxylation sites is 1. The summed E-state index contributed by atoms with van der Waals surface area (Å²) in [6.45, 7) is 0.699. The number of carbonyl (C=O) groups excluding carboxylic acids is 1. The fourth-order valence-corrected chi connectivity index (χ4v) is 1.66. The highest BCUT2D eigenvalue weighted by molar-refractivity contribution is 5.79. The van der Waals surface area contributed by atoms with E-state index < -0.39 is 0 Å². The highest BCUT2D eigenvalue weighted by Gasteiger charge is 2.11.